The highest BCUT2D eigenvalue weighted by atomic mass is 32.1. The lowest BCUT2D eigenvalue weighted by Crippen LogP contribution is -2.33. The number of aryl methyl sites for hydroxylation is 2. The third kappa shape index (κ3) is 4.55. The van der Waals surface area contributed by atoms with Crippen LogP contribution in [0.2, 0.25) is 0 Å². The molecule has 1 aliphatic rings. The van der Waals surface area contributed by atoms with Crippen LogP contribution in [0.5, 0.6) is 5.75 Å². The zero-order valence-corrected chi connectivity index (χ0v) is 18.7. The first-order valence-electron chi connectivity index (χ1n) is 9.95. The van der Waals surface area contributed by atoms with Crippen molar-refractivity contribution in [3.05, 3.63) is 69.4 Å². The van der Waals surface area contributed by atoms with Crippen molar-refractivity contribution in [2.24, 2.45) is 0 Å². The fourth-order valence-corrected chi connectivity index (χ4v) is 4.54. The van der Waals surface area contributed by atoms with Crippen LogP contribution in [0, 0.1) is 13.8 Å². The Hall–Kier alpha value is -2.97. The number of aliphatic hydroxyl groups excluding tert-OH is 1. The van der Waals surface area contributed by atoms with Gasteiger partial charge in [0.15, 0.2) is 5.76 Å². The van der Waals surface area contributed by atoms with Gasteiger partial charge in [-0.05, 0) is 26.3 Å². The second-order valence-electron chi connectivity index (χ2n) is 7.12. The first kappa shape index (κ1) is 22.7. The summed E-state index contributed by atoms with van der Waals surface area (Å²) in [6.45, 7) is 8.27. The average molecular weight is 443 g/mol. The molecule has 2 heterocycles. The molecule has 2 aromatic rings. The molecule has 1 atom stereocenters. The number of amides is 1. The molecule has 0 fully saturated rings. The molecule has 1 N–H and O–H groups in total. The van der Waals surface area contributed by atoms with Crippen LogP contribution in [0.15, 0.2) is 48.3 Å². The Labute approximate surface area is 185 Å². The van der Waals surface area contributed by atoms with Crippen LogP contribution in [0.1, 0.15) is 38.4 Å². The third-order valence-corrected chi connectivity index (χ3v) is 6.05. The molecular formula is C23H26N2O5S. The monoisotopic (exact) mass is 442 g/mol. The highest BCUT2D eigenvalue weighted by molar-refractivity contribution is 7.14. The number of methoxy groups -OCH3 is 1. The van der Waals surface area contributed by atoms with Crippen molar-refractivity contribution in [3.8, 4) is 5.75 Å². The Morgan fingerprint density at radius 1 is 1.35 bits per heavy atom. The van der Waals surface area contributed by atoms with Crippen LogP contribution in [-0.2, 0) is 9.53 Å². The molecule has 7 nitrogen and oxygen atoms in total. The van der Waals surface area contributed by atoms with Gasteiger partial charge in [-0.25, -0.2) is 4.98 Å². The van der Waals surface area contributed by atoms with Gasteiger partial charge in [0.05, 0.1) is 27.2 Å². The van der Waals surface area contributed by atoms with Crippen molar-refractivity contribution in [1.29, 1.82) is 0 Å². The van der Waals surface area contributed by atoms with Gasteiger partial charge < -0.3 is 19.5 Å². The lowest BCUT2D eigenvalue weighted by molar-refractivity contribution is -0.129. The molecule has 1 aromatic carbocycles. The molecule has 8 heteroatoms. The van der Waals surface area contributed by atoms with Crippen molar-refractivity contribution in [2.45, 2.75) is 26.3 Å². The molecule has 1 unspecified atom stereocenters. The first-order chi connectivity index (χ1) is 14.9. The Kier molecular flexibility index (Phi) is 7.25. The Morgan fingerprint density at radius 3 is 2.74 bits per heavy atom. The molecule has 0 saturated heterocycles. The van der Waals surface area contributed by atoms with Gasteiger partial charge in [0.1, 0.15) is 12.4 Å². The van der Waals surface area contributed by atoms with E-state index in [2.05, 4.69) is 11.6 Å². The van der Waals surface area contributed by atoms with E-state index < -0.39 is 23.5 Å². The minimum absolute atomic E-state index is 0.0452. The number of rotatable bonds is 10. The second-order valence-corrected chi connectivity index (χ2v) is 8.33. The van der Waals surface area contributed by atoms with Crippen molar-refractivity contribution in [2.75, 3.05) is 26.9 Å². The van der Waals surface area contributed by atoms with Gasteiger partial charge in [-0.15, -0.1) is 11.3 Å². The van der Waals surface area contributed by atoms with Gasteiger partial charge in [-0.3, -0.25) is 9.59 Å². The number of thiazole rings is 1. The average Bonchev–Trinajstić information content (AvgIpc) is 3.22. The van der Waals surface area contributed by atoms with E-state index in [0.29, 0.717) is 41.5 Å². The number of ketones is 1. The molecule has 1 amide bonds. The minimum atomic E-state index is -0.778. The molecule has 164 valence electrons. The fourth-order valence-electron chi connectivity index (χ4n) is 3.67. The zero-order chi connectivity index (χ0) is 22.5. The van der Waals surface area contributed by atoms with Gasteiger partial charge in [-0.2, -0.15) is 0 Å². The summed E-state index contributed by atoms with van der Waals surface area (Å²) in [6.07, 6.45) is 2.18. The normalized spacial score (nSPS) is 16.2. The molecule has 3 rings (SSSR count). The minimum Gasteiger partial charge on any atom is -0.503 e. The van der Waals surface area contributed by atoms with Crippen molar-refractivity contribution < 1.29 is 24.2 Å². The topological polar surface area (TPSA) is 89.0 Å². The Morgan fingerprint density at radius 2 is 2.10 bits per heavy atom. The van der Waals surface area contributed by atoms with E-state index >= 15 is 0 Å². The number of benzene rings is 1. The van der Waals surface area contributed by atoms with E-state index in [-0.39, 0.29) is 12.2 Å². The predicted molar refractivity (Wildman–Crippen MR) is 119 cm³/mol. The lowest BCUT2D eigenvalue weighted by Gasteiger charge is -2.28. The van der Waals surface area contributed by atoms with Crippen LogP contribution < -0.4 is 4.74 Å². The molecule has 0 radical (unpaired) electrons. The number of nitrogens with zero attached hydrogens (tertiary/aromatic N) is 2. The number of carbonyl (C=O) groups is 2. The maximum Gasteiger partial charge on any atom is 0.290 e. The molecule has 31 heavy (non-hydrogen) atoms. The van der Waals surface area contributed by atoms with Gasteiger partial charge in [0, 0.05) is 25.8 Å². The SMILES string of the molecule is C=CCOc1ccccc1C1C(C(=O)c2sc(C)nc2C)=C(O)C(=O)N1CCCOC. The highest BCUT2D eigenvalue weighted by Crippen LogP contribution is 2.43. The van der Waals surface area contributed by atoms with E-state index in [1.165, 1.54) is 16.2 Å². The highest BCUT2D eigenvalue weighted by Gasteiger charge is 2.45. The van der Waals surface area contributed by atoms with Crippen LogP contribution in [0.25, 0.3) is 0 Å². The van der Waals surface area contributed by atoms with Gasteiger partial charge >= 0.3 is 0 Å². The number of aliphatic hydroxyl groups is 1. The quantitative estimate of drug-likeness (QED) is 0.341. The molecule has 0 bridgehead atoms. The smallest absolute Gasteiger partial charge is 0.290 e. The summed E-state index contributed by atoms with van der Waals surface area (Å²) in [7, 11) is 1.58. The van der Waals surface area contributed by atoms with E-state index in [4.69, 9.17) is 9.47 Å². The summed E-state index contributed by atoms with van der Waals surface area (Å²) in [5.41, 5.74) is 1.25. The number of aromatic nitrogens is 1. The molecular weight excluding hydrogens is 416 g/mol. The van der Waals surface area contributed by atoms with E-state index in [0.717, 1.165) is 5.01 Å². The van der Waals surface area contributed by atoms with E-state index in [9.17, 15) is 14.7 Å². The molecule has 0 aliphatic carbocycles. The lowest BCUT2D eigenvalue weighted by atomic mass is 9.94. The summed E-state index contributed by atoms with van der Waals surface area (Å²) in [5, 5.41) is 11.5. The summed E-state index contributed by atoms with van der Waals surface area (Å²) >= 11 is 1.25. The first-order valence-corrected chi connectivity index (χ1v) is 10.8. The number of ether oxygens (including phenoxy) is 2. The molecule has 0 spiro atoms. The molecule has 1 aromatic heterocycles. The number of para-hydroxylation sites is 1. The van der Waals surface area contributed by atoms with Crippen LogP contribution >= 0.6 is 11.3 Å². The van der Waals surface area contributed by atoms with Gasteiger partial charge in [0.25, 0.3) is 5.91 Å². The van der Waals surface area contributed by atoms with Crippen LogP contribution in [0.3, 0.4) is 0 Å². The fraction of sp³-hybridized carbons (Fsp3) is 0.348. The van der Waals surface area contributed by atoms with Crippen LogP contribution in [-0.4, -0.2) is 53.5 Å². The molecule has 0 saturated carbocycles. The number of Topliss-reactive ketones (excluding diaryl/α,β-unsaturated/α-hetero) is 1. The Bertz CT molecular complexity index is 1030. The Balaban J connectivity index is 2.11. The van der Waals surface area contributed by atoms with Gasteiger partial charge in [-0.1, -0.05) is 30.9 Å². The third-order valence-electron chi connectivity index (χ3n) is 4.98. The number of hydrogen-bond acceptors (Lipinski definition) is 7. The van der Waals surface area contributed by atoms with Crippen LogP contribution in [0.4, 0.5) is 0 Å². The van der Waals surface area contributed by atoms with Crippen molar-refractivity contribution in [3.63, 3.8) is 0 Å². The summed E-state index contributed by atoms with van der Waals surface area (Å²) in [4.78, 5) is 32.8. The molecule has 1 aliphatic heterocycles. The summed E-state index contributed by atoms with van der Waals surface area (Å²) < 4.78 is 10.9. The zero-order valence-electron chi connectivity index (χ0n) is 17.9. The standard InChI is InChI=1S/C23H26N2O5S/c1-5-12-30-17-10-7-6-9-16(17)19-18(20(26)22-14(2)24-15(3)31-22)21(27)23(28)25(19)11-8-13-29-4/h5-7,9-10,19,27H,1,8,11-13H2,2-4H3. The van der Waals surface area contributed by atoms with Gasteiger partial charge in [0.2, 0.25) is 5.78 Å². The predicted octanol–water partition coefficient (Wildman–Crippen LogP) is 3.94. The maximum atomic E-state index is 13.5. The number of carbonyl (C=O) groups excluding carboxylic acids is 2. The van der Waals surface area contributed by atoms with Crippen molar-refractivity contribution >= 4 is 23.0 Å². The second kappa shape index (κ2) is 9.89. The largest absolute Gasteiger partial charge is 0.503 e. The summed E-state index contributed by atoms with van der Waals surface area (Å²) in [6, 6.07) is 6.43. The van der Waals surface area contributed by atoms with E-state index in [1.54, 1.807) is 32.2 Å². The van der Waals surface area contributed by atoms with E-state index in [1.807, 2.05) is 19.1 Å². The summed E-state index contributed by atoms with van der Waals surface area (Å²) in [5.74, 6) is -0.987. The van der Waals surface area contributed by atoms with Crippen molar-refractivity contribution in [1.82, 2.24) is 9.88 Å². The maximum absolute atomic E-state index is 13.5. The number of hydrogen-bond donors (Lipinski definition) is 1.